The Kier molecular flexibility index (Phi) is 2.21. The van der Waals surface area contributed by atoms with Crippen molar-refractivity contribution in [2.24, 2.45) is 0 Å². The van der Waals surface area contributed by atoms with Crippen molar-refractivity contribution in [2.45, 2.75) is 25.7 Å². The quantitative estimate of drug-likeness (QED) is 0.706. The predicted molar refractivity (Wildman–Crippen MR) is 63.9 cm³/mol. The second-order valence-corrected chi connectivity index (χ2v) is 4.73. The van der Waals surface area contributed by atoms with Gasteiger partial charge in [-0.3, -0.25) is 0 Å². The fourth-order valence-electron chi connectivity index (χ4n) is 2.62. The number of rotatable bonds is 0. The summed E-state index contributed by atoms with van der Waals surface area (Å²) in [7, 11) is 0. The molecule has 1 nitrogen and oxygen atoms in total. The van der Waals surface area contributed by atoms with Crippen molar-refractivity contribution in [1.82, 2.24) is 5.32 Å². The third-order valence-corrected chi connectivity index (χ3v) is 3.58. The highest BCUT2D eigenvalue weighted by Gasteiger charge is 2.20. The maximum Gasteiger partial charge on any atom is 0.0409 e. The molecule has 0 amide bonds. The van der Waals surface area contributed by atoms with Gasteiger partial charge in [-0.25, -0.2) is 0 Å². The first kappa shape index (κ1) is 9.29. The predicted octanol–water partition coefficient (Wildman–Crippen LogP) is 3.38. The Balaban J connectivity index is 2.12. The van der Waals surface area contributed by atoms with Crippen LogP contribution >= 0.6 is 11.6 Å². The van der Waals surface area contributed by atoms with Gasteiger partial charge in [-0.2, -0.15) is 0 Å². The normalized spacial score (nSPS) is 19.3. The monoisotopic (exact) mass is 219 g/mol. The van der Waals surface area contributed by atoms with Gasteiger partial charge in [0.25, 0.3) is 0 Å². The van der Waals surface area contributed by atoms with E-state index in [9.17, 15) is 0 Å². The van der Waals surface area contributed by atoms with Gasteiger partial charge in [-0.15, -0.1) is 0 Å². The van der Waals surface area contributed by atoms with Crippen LogP contribution in [-0.4, -0.2) is 6.54 Å². The lowest BCUT2D eigenvalue weighted by Gasteiger charge is -2.28. The molecular formula is C13H14ClN. The van der Waals surface area contributed by atoms with Gasteiger partial charge in [-0.05, 0) is 54.5 Å². The summed E-state index contributed by atoms with van der Waals surface area (Å²) < 4.78 is 0. The van der Waals surface area contributed by atoms with Gasteiger partial charge < -0.3 is 5.32 Å². The molecule has 0 saturated heterocycles. The molecule has 3 rings (SSSR count). The van der Waals surface area contributed by atoms with Crippen molar-refractivity contribution in [2.75, 3.05) is 6.54 Å². The standard InChI is InChI=1S/C13H14ClN/c14-10-4-5-11-9(8-10)3-6-13-12(11)2-1-7-15-13/h4-5,8,15H,1-3,6-7H2. The van der Waals surface area contributed by atoms with Gasteiger partial charge in [0, 0.05) is 17.3 Å². The van der Waals surface area contributed by atoms with E-state index in [2.05, 4.69) is 17.4 Å². The number of benzene rings is 1. The first-order valence-corrected chi connectivity index (χ1v) is 5.97. The molecule has 0 atom stereocenters. The number of aryl methyl sites for hydroxylation is 1. The van der Waals surface area contributed by atoms with Crippen LogP contribution < -0.4 is 5.32 Å². The van der Waals surface area contributed by atoms with Gasteiger partial charge in [-0.1, -0.05) is 17.7 Å². The van der Waals surface area contributed by atoms with Crippen molar-refractivity contribution in [1.29, 1.82) is 0 Å². The van der Waals surface area contributed by atoms with Crippen LogP contribution in [0, 0.1) is 0 Å². The van der Waals surface area contributed by atoms with Gasteiger partial charge in [0.1, 0.15) is 0 Å². The second kappa shape index (κ2) is 3.57. The first-order valence-electron chi connectivity index (χ1n) is 5.59. The Morgan fingerprint density at radius 2 is 2.07 bits per heavy atom. The molecule has 0 radical (unpaired) electrons. The summed E-state index contributed by atoms with van der Waals surface area (Å²) in [5.41, 5.74) is 5.84. The number of allylic oxidation sites excluding steroid dienone is 2. The Hall–Kier alpha value is -0.950. The minimum atomic E-state index is 0.863. The summed E-state index contributed by atoms with van der Waals surface area (Å²) in [5, 5.41) is 4.39. The van der Waals surface area contributed by atoms with Crippen LogP contribution in [0.5, 0.6) is 0 Å². The molecule has 0 spiro atoms. The number of fused-ring (bicyclic) bond motifs is 2. The summed E-state index contributed by atoms with van der Waals surface area (Å²) in [6.07, 6.45) is 4.75. The molecule has 0 fully saturated rings. The van der Waals surface area contributed by atoms with E-state index in [0.717, 1.165) is 24.4 Å². The van der Waals surface area contributed by atoms with Crippen LogP contribution in [0.3, 0.4) is 0 Å². The summed E-state index contributed by atoms with van der Waals surface area (Å²) >= 11 is 6.02. The highest BCUT2D eigenvalue weighted by molar-refractivity contribution is 6.30. The lowest BCUT2D eigenvalue weighted by Crippen LogP contribution is -2.24. The zero-order valence-corrected chi connectivity index (χ0v) is 9.40. The number of hydrogen-bond acceptors (Lipinski definition) is 1. The van der Waals surface area contributed by atoms with Crippen LogP contribution in [0.25, 0.3) is 5.57 Å². The third-order valence-electron chi connectivity index (χ3n) is 3.34. The van der Waals surface area contributed by atoms with Gasteiger partial charge >= 0.3 is 0 Å². The van der Waals surface area contributed by atoms with E-state index in [0.29, 0.717) is 0 Å². The third kappa shape index (κ3) is 1.55. The van der Waals surface area contributed by atoms with E-state index in [4.69, 9.17) is 11.6 Å². The van der Waals surface area contributed by atoms with Crippen molar-refractivity contribution >= 4 is 17.2 Å². The largest absolute Gasteiger partial charge is 0.388 e. The van der Waals surface area contributed by atoms with Crippen molar-refractivity contribution < 1.29 is 0 Å². The molecule has 1 heterocycles. The Labute approximate surface area is 95.1 Å². The van der Waals surface area contributed by atoms with Gasteiger partial charge in [0.2, 0.25) is 0 Å². The SMILES string of the molecule is Clc1ccc2c(c1)CCC1=C2CCCN1. The molecular weight excluding hydrogens is 206 g/mol. The Morgan fingerprint density at radius 1 is 1.13 bits per heavy atom. The van der Waals surface area contributed by atoms with Crippen molar-refractivity contribution in [3.05, 3.63) is 40.0 Å². The number of hydrogen-bond donors (Lipinski definition) is 1. The molecule has 1 aliphatic heterocycles. The zero-order valence-electron chi connectivity index (χ0n) is 8.65. The maximum atomic E-state index is 6.02. The van der Waals surface area contributed by atoms with E-state index in [1.807, 2.05) is 6.07 Å². The van der Waals surface area contributed by atoms with Crippen molar-refractivity contribution in [3.8, 4) is 0 Å². The first-order chi connectivity index (χ1) is 7.34. The fraction of sp³-hybridized carbons (Fsp3) is 0.385. The highest BCUT2D eigenvalue weighted by Crippen LogP contribution is 2.35. The Morgan fingerprint density at radius 3 is 3.00 bits per heavy atom. The molecule has 0 saturated carbocycles. The second-order valence-electron chi connectivity index (χ2n) is 4.29. The smallest absolute Gasteiger partial charge is 0.0409 e. The van der Waals surface area contributed by atoms with E-state index in [1.165, 1.54) is 35.2 Å². The van der Waals surface area contributed by atoms with Crippen LogP contribution in [-0.2, 0) is 6.42 Å². The lowest BCUT2D eigenvalue weighted by atomic mass is 9.85. The number of halogens is 1. The fourth-order valence-corrected chi connectivity index (χ4v) is 2.82. The molecule has 0 aromatic heterocycles. The summed E-state index contributed by atoms with van der Waals surface area (Å²) in [6.45, 7) is 1.14. The van der Waals surface area contributed by atoms with E-state index >= 15 is 0 Å². The van der Waals surface area contributed by atoms with E-state index < -0.39 is 0 Å². The molecule has 2 aliphatic rings. The average molecular weight is 220 g/mol. The molecule has 2 heteroatoms. The summed E-state index contributed by atoms with van der Waals surface area (Å²) in [6, 6.07) is 6.30. The molecule has 0 unspecified atom stereocenters. The summed E-state index contributed by atoms with van der Waals surface area (Å²) in [4.78, 5) is 0. The molecule has 1 aliphatic carbocycles. The number of nitrogens with one attached hydrogen (secondary N) is 1. The van der Waals surface area contributed by atoms with E-state index in [1.54, 1.807) is 0 Å². The topological polar surface area (TPSA) is 12.0 Å². The molecule has 1 aromatic rings. The molecule has 78 valence electrons. The lowest BCUT2D eigenvalue weighted by molar-refractivity contribution is 0.657. The highest BCUT2D eigenvalue weighted by atomic mass is 35.5. The van der Waals surface area contributed by atoms with Crippen LogP contribution in [0.4, 0.5) is 0 Å². The molecule has 1 aromatic carbocycles. The van der Waals surface area contributed by atoms with E-state index in [-0.39, 0.29) is 0 Å². The van der Waals surface area contributed by atoms with Gasteiger partial charge in [0.15, 0.2) is 0 Å². The van der Waals surface area contributed by atoms with Crippen LogP contribution in [0.2, 0.25) is 5.02 Å². The average Bonchev–Trinajstić information content (AvgIpc) is 2.28. The Bertz CT molecular complexity index is 434. The van der Waals surface area contributed by atoms with Crippen molar-refractivity contribution in [3.63, 3.8) is 0 Å². The molecule has 15 heavy (non-hydrogen) atoms. The summed E-state index contributed by atoms with van der Waals surface area (Å²) in [5.74, 6) is 0. The molecule has 1 N–H and O–H groups in total. The maximum absolute atomic E-state index is 6.02. The van der Waals surface area contributed by atoms with Crippen LogP contribution in [0.15, 0.2) is 23.9 Å². The molecule has 0 bridgehead atoms. The zero-order chi connectivity index (χ0) is 10.3. The minimum Gasteiger partial charge on any atom is -0.388 e. The minimum absolute atomic E-state index is 0.863. The van der Waals surface area contributed by atoms with Gasteiger partial charge in [0.05, 0.1) is 0 Å². The van der Waals surface area contributed by atoms with Crippen LogP contribution in [0.1, 0.15) is 30.4 Å².